The first-order chi connectivity index (χ1) is 10.3. The molecule has 3 rings (SSSR count). The number of ether oxygens (including phenoxy) is 1. The minimum absolute atomic E-state index is 0.276. The van der Waals surface area contributed by atoms with Crippen LogP contribution in [0.3, 0.4) is 0 Å². The Balaban J connectivity index is 1.76. The molecule has 1 aromatic carbocycles. The highest BCUT2D eigenvalue weighted by Crippen LogP contribution is 2.31. The van der Waals surface area contributed by atoms with Gasteiger partial charge in [0.05, 0.1) is 5.69 Å². The summed E-state index contributed by atoms with van der Waals surface area (Å²) in [6, 6.07) is 9.69. The zero-order valence-electron chi connectivity index (χ0n) is 12.0. The molecular formula is C16H18N2O2S. The van der Waals surface area contributed by atoms with E-state index in [2.05, 4.69) is 5.10 Å². The molecule has 0 spiro atoms. The first kappa shape index (κ1) is 14.2. The lowest BCUT2D eigenvalue weighted by Gasteiger charge is -2.07. The SMILES string of the molecule is Cc1nn(C(=O)OCc2ccccc2)c2c1CCCCS2. The number of rotatable bonds is 2. The van der Waals surface area contributed by atoms with Crippen molar-refractivity contribution in [2.45, 2.75) is 37.8 Å². The summed E-state index contributed by atoms with van der Waals surface area (Å²) in [5.74, 6) is 1.03. The van der Waals surface area contributed by atoms with Gasteiger partial charge in [-0.25, -0.2) is 4.79 Å². The van der Waals surface area contributed by atoms with Crippen LogP contribution in [0.15, 0.2) is 35.4 Å². The van der Waals surface area contributed by atoms with E-state index in [9.17, 15) is 4.79 Å². The number of thioether (sulfide) groups is 1. The molecule has 2 heterocycles. The van der Waals surface area contributed by atoms with Crippen LogP contribution in [-0.4, -0.2) is 21.6 Å². The van der Waals surface area contributed by atoms with Gasteiger partial charge in [0.2, 0.25) is 0 Å². The van der Waals surface area contributed by atoms with E-state index in [4.69, 9.17) is 4.74 Å². The van der Waals surface area contributed by atoms with Crippen LogP contribution in [0.4, 0.5) is 4.79 Å². The Bertz CT molecular complexity index is 637. The van der Waals surface area contributed by atoms with Gasteiger partial charge in [-0.2, -0.15) is 9.78 Å². The lowest BCUT2D eigenvalue weighted by molar-refractivity contribution is 0.135. The zero-order valence-corrected chi connectivity index (χ0v) is 12.9. The number of nitrogens with zero attached hydrogens (tertiary/aromatic N) is 2. The second-order valence-corrected chi connectivity index (χ2v) is 6.21. The van der Waals surface area contributed by atoms with E-state index in [1.807, 2.05) is 37.3 Å². The van der Waals surface area contributed by atoms with E-state index in [-0.39, 0.29) is 6.61 Å². The van der Waals surface area contributed by atoms with Crippen molar-refractivity contribution in [3.8, 4) is 0 Å². The molecule has 0 N–H and O–H groups in total. The fourth-order valence-corrected chi connectivity index (χ4v) is 3.65. The molecule has 0 saturated heterocycles. The van der Waals surface area contributed by atoms with Crippen molar-refractivity contribution in [3.05, 3.63) is 47.2 Å². The molecule has 4 nitrogen and oxygen atoms in total. The van der Waals surface area contributed by atoms with Gasteiger partial charge in [-0.05, 0) is 37.5 Å². The number of hydrogen-bond acceptors (Lipinski definition) is 4. The van der Waals surface area contributed by atoms with Crippen molar-refractivity contribution in [1.82, 2.24) is 9.78 Å². The van der Waals surface area contributed by atoms with E-state index < -0.39 is 6.09 Å². The molecule has 0 radical (unpaired) electrons. The smallest absolute Gasteiger partial charge is 0.436 e. The molecule has 21 heavy (non-hydrogen) atoms. The molecule has 0 amide bonds. The maximum atomic E-state index is 12.3. The van der Waals surface area contributed by atoms with Crippen LogP contribution < -0.4 is 0 Å². The summed E-state index contributed by atoms with van der Waals surface area (Å²) in [6.45, 7) is 2.24. The topological polar surface area (TPSA) is 44.1 Å². The highest BCUT2D eigenvalue weighted by Gasteiger charge is 2.22. The second kappa shape index (κ2) is 6.35. The Hall–Kier alpha value is -1.75. The van der Waals surface area contributed by atoms with Crippen LogP contribution in [0.5, 0.6) is 0 Å². The molecule has 2 aromatic rings. The fourth-order valence-electron chi connectivity index (χ4n) is 2.45. The van der Waals surface area contributed by atoms with Crippen molar-refractivity contribution in [2.75, 3.05) is 5.75 Å². The van der Waals surface area contributed by atoms with Gasteiger partial charge in [-0.1, -0.05) is 30.3 Å². The van der Waals surface area contributed by atoms with E-state index in [0.717, 1.165) is 34.9 Å². The third-order valence-corrected chi connectivity index (χ3v) is 4.76. The lowest BCUT2D eigenvalue weighted by Crippen LogP contribution is -2.16. The zero-order chi connectivity index (χ0) is 14.7. The number of fused-ring (bicyclic) bond motifs is 1. The van der Waals surface area contributed by atoms with Gasteiger partial charge >= 0.3 is 6.09 Å². The van der Waals surface area contributed by atoms with Crippen molar-refractivity contribution in [1.29, 1.82) is 0 Å². The molecule has 5 heteroatoms. The largest absolute Gasteiger partial charge is 0.443 e. The van der Waals surface area contributed by atoms with E-state index in [0.29, 0.717) is 0 Å². The molecule has 0 aliphatic carbocycles. The van der Waals surface area contributed by atoms with Gasteiger partial charge in [0, 0.05) is 5.56 Å². The van der Waals surface area contributed by atoms with Gasteiger partial charge in [0.25, 0.3) is 0 Å². The number of carbonyl (C=O) groups is 1. The van der Waals surface area contributed by atoms with E-state index >= 15 is 0 Å². The Morgan fingerprint density at radius 1 is 1.33 bits per heavy atom. The molecule has 1 aromatic heterocycles. The van der Waals surface area contributed by atoms with Crippen LogP contribution in [0, 0.1) is 6.92 Å². The minimum atomic E-state index is -0.391. The van der Waals surface area contributed by atoms with Gasteiger partial charge in [0.1, 0.15) is 11.6 Å². The Morgan fingerprint density at radius 2 is 2.14 bits per heavy atom. The molecule has 0 unspecified atom stereocenters. The predicted molar refractivity (Wildman–Crippen MR) is 82.7 cm³/mol. The van der Waals surface area contributed by atoms with Crippen LogP contribution in [0.2, 0.25) is 0 Å². The normalized spacial score (nSPS) is 14.3. The van der Waals surface area contributed by atoms with Crippen LogP contribution in [-0.2, 0) is 17.8 Å². The standard InChI is InChI=1S/C16H18N2O2S/c1-12-14-9-5-6-10-21-15(14)18(17-12)16(19)20-11-13-7-3-2-4-8-13/h2-4,7-8H,5-6,9-11H2,1H3. The van der Waals surface area contributed by atoms with E-state index in [1.54, 1.807) is 11.8 Å². The summed E-state index contributed by atoms with van der Waals surface area (Å²) >= 11 is 1.71. The molecule has 1 aliphatic heterocycles. The fraction of sp³-hybridized carbons (Fsp3) is 0.375. The summed E-state index contributed by atoms with van der Waals surface area (Å²) < 4.78 is 6.82. The highest BCUT2D eigenvalue weighted by molar-refractivity contribution is 7.99. The maximum absolute atomic E-state index is 12.3. The second-order valence-electron chi connectivity index (χ2n) is 5.13. The van der Waals surface area contributed by atoms with Crippen LogP contribution >= 0.6 is 11.8 Å². The average Bonchev–Trinajstić information content (AvgIpc) is 2.69. The number of benzene rings is 1. The van der Waals surface area contributed by atoms with Crippen molar-refractivity contribution in [2.24, 2.45) is 0 Å². The van der Waals surface area contributed by atoms with Crippen LogP contribution in [0.1, 0.15) is 29.7 Å². The summed E-state index contributed by atoms with van der Waals surface area (Å²) in [5, 5.41) is 5.33. The van der Waals surface area contributed by atoms with E-state index in [1.165, 1.54) is 16.7 Å². The number of aromatic nitrogens is 2. The molecule has 110 valence electrons. The monoisotopic (exact) mass is 302 g/mol. The Labute approximate surface area is 128 Å². The minimum Gasteiger partial charge on any atom is -0.443 e. The quantitative estimate of drug-likeness (QED) is 0.846. The maximum Gasteiger partial charge on any atom is 0.436 e. The first-order valence-corrected chi connectivity index (χ1v) is 8.16. The third-order valence-electron chi connectivity index (χ3n) is 3.58. The highest BCUT2D eigenvalue weighted by atomic mass is 32.2. The van der Waals surface area contributed by atoms with Gasteiger partial charge in [-0.15, -0.1) is 11.8 Å². The van der Waals surface area contributed by atoms with Gasteiger partial charge in [0.15, 0.2) is 0 Å². The van der Waals surface area contributed by atoms with Crippen LogP contribution in [0.25, 0.3) is 0 Å². The van der Waals surface area contributed by atoms with Gasteiger partial charge < -0.3 is 4.74 Å². The first-order valence-electron chi connectivity index (χ1n) is 7.18. The van der Waals surface area contributed by atoms with Crippen molar-refractivity contribution >= 4 is 17.9 Å². The van der Waals surface area contributed by atoms with Crippen molar-refractivity contribution < 1.29 is 9.53 Å². The summed E-state index contributed by atoms with van der Waals surface area (Å²) in [5.41, 5.74) is 3.12. The molecule has 0 saturated carbocycles. The number of aryl methyl sites for hydroxylation is 1. The summed E-state index contributed by atoms with van der Waals surface area (Å²) in [6.07, 6.45) is 2.95. The molecule has 1 aliphatic rings. The Morgan fingerprint density at radius 3 is 2.95 bits per heavy atom. The van der Waals surface area contributed by atoms with Gasteiger partial charge in [-0.3, -0.25) is 0 Å². The lowest BCUT2D eigenvalue weighted by atomic mass is 10.1. The molecule has 0 atom stereocenters. The molecule has 0 bridgehead atoms. The Kier molecular flexibility index (Phi) is 4.29. The predicted octanol–water partition coefficient (Wildman–Crippen LogP) is 3.80. The number of hydrogen-bond donors (Lipinski definition) is 0. The molecular weight excluding hydrogens is 284 g/mol. The van der Waals surface area contributed by atoms with Crippen molar-refractivity contribution in [3.63, 3.8) is 0 Å². The summed E-state index contributed by atoms with van der Waals surface area (Å²) in [4.78, 5) is 12.3. The third kappa shape index (κ3) is 3.13. The number of carbonyl (C=O) groups excluding carboxylic acids is 1. The average molecular weight is 302 g/mol. The molecule has 0 fully saturated rings. The summed E-state index contributed by atoms with van der Waals surface area (Å²) in [7, 11) is 0.